The second kappa shape index (κ2) is 5.31. The number of pyridine rings is 1. The molecule has 2 N–H and O–H groups in total. The van der Waals surface area contributed by atoms with E-state index in [-0.39, 0.29) is 16.3 Å². The number of carbonyl (C=O) groups excluding carboxylic acids is 1. The lowest BCUT2D eigenvalue weighted by Crippen LogP contribution is -2.02. The van der Waals surface area contributed by atoms with Gasteiger partial charge in [0.25, 0.3) is 0 Å². The van der Waals surface area contributed by atoms with E-state index in [4.69, 9.17) is 17.3 Å². The molecule has 0 aliphatic heterocycles. The minimum absolute atomic E-state index is 0.146. The molecule has 2 heterocycles. The van der Waals surface area contributed by atoms with Crippen molar-refractivity contribution in [2.24, 2.45) is 0 Å². The van der Waals surface area contributed by atoms with Gasteiger partial charge in [0.1, 0.15) is 12.1 Å². The van der Waals surface area contributed by atoms with Crippen LogP contribution in [-0.2, 0) is 4.74 Å². The fraction of sp³-hybridized carbons (Fsp3) is 0.0667. The fourth-order valence-corrected chi connectivity index (χ4v) is 2.50. The number of nitrogens with zero attached hydrogens (tertiary/aromatic N) is 2. The van der Waals surface area contributed by atoms with Crippen LogP contribution in [0.5, 0.6) is 0 Å². The Morgan fingerprint density at radius 1 is 1.36 bits per heavy atom. The van der Waals surface area contributed by atoms with Gasteiger partial charge in [-0.1, -0.05) is 17.7 Å². The van der Waals surface area contributed by atoms with E-state index in [9.17, 15) is 9.18 Å². The maximum absolute atomic E-state index is 14.1. The second-order valence-electron chi connectivity index (χ2n) is 4.62. The first-order chi connectivity index (χ1) is 10.5. The van der Waals surface area contributed by atoms with Crippen LogP contribution in [0, 0.1) is 5.82 Å². The number of halogens is 2. The molecule has 0 saturated carbocycles. The molecule has 7 heteroatoms. The number of fused-ring (bicyclic) bond motifs is 1. The largest absolute Gasteiger partial charge is 0.464 e. The third-order valence-electron chi connectivity index (χ3n) is 3.32. The van der Waals surface area contributed by atoms with Crippen LogP contribution in [0.15, 0.2) is 36.8 Å². The number of benzene rings is 1. The zero-order valence-corrected chi connectivity index (χ0v) is 12.3. The Balaban J connectivity index is 2.19. The summed E-state index contributed by atoms with van der Waals surface area (Å²) in [5, 5.41) is 0.146. The fourth-order valence-electron chi connectivity index (χ4n) is 2.24. The predicted octanol–water partition coefficient (Wildman–Crippen LogP) is 3.16. The number of methoxy groups -OCH3 is 1. The van der Waals surface area contributed by atoms with Gasteiger partial charge in [-0.25, -0.2) is 14.2 Å². The summed E-state index contributed by atoms with van der Waals surface area (Å²) in [4.78, 5) is 15.6. The number of aromatic nitrogens is 2. The number of anilines is 1. The van der Waals surface area contributed by atoms with Gasteiger partial charge in [0.2, 0.25) is 0 Å². The molecule has 0 radical (unpaired) electrons. The molecule has 0 saturated heterocycles. The molecule has 3 aromatic rings. The number of nitrogen functional groups attached to an aromatic ring is 1. The Bertz CT molecular complexity index is 892. The van der Waals surface area contributed by atoms with Crippen LogP contribution in [0.1, 0.15) is 10.5 Å². The van der Waals surface area contributed by atoms with E-state index in [1.54, 1.807) is 22.7 Å². The Labute approximate surface area is 130 Å². The van der Waals surface area contributed by atoms with E-state index in [1.807, 2.05) is 0 Å². The molecule has 5 nitrogen and oxygen atoms in total. The lowest BCUT2D eigenvalue weighted by Gasteiger charge is -2.09. The topological polar surface area (TPSA) is 69.6 Å². The Kier molecular flexibility index (Phi) is 3.46. The van der Waals surface area contributed by atoms with Gasteiger partial charge in [0.15, 0.2) is 5.69 Å². The summed E-state index contributed by atoms with van der Waals surface area (Å²) in [7, 11) is 1.28. The van der Waals surface area contributed by atoms with Crippen molar-refractivity contribution in [3.63, 3.8) is 0 Å². The summed E-state index contributed by atoms with van der Waals surface area (Å²) in [5.41, 5.74) is 7.48. The van der Waals surface area contributed by atoms with Crippen molar-refractivity contribution in [3.05, 3.63) is 53.3 Å². The SMILES string of the molecule is COC(=O)c1ncn2cc(-c3c(F)ccc(N)c3Cl)ccc12. The molecule has 0 atom stereocenters. The van der Waals surface area contributed by atoms with E-state index in [0.717, 1.165) is 0 Å². The smallest absolute Gasteiger partial charge is 0.358 e. The number of imidazole rings is 1. The monoisotopic (exact) mass is 319 g/mol. The maximum Gasteiger partial charge on any atom is 0.358 e. The summed E-state index contributed by atoms with van der Waals surface area (Å²) in [6.07, 6.45) is 3.07. The van der Waals surface area contributed by atoms with E-state index in [2.05, 4.69) is 9.72 Å². The minimum Gasteiger partial charge on any atom is -0.464 e. The second-order valence-corrected chi connectivity index (χ2v) is 5.00. The summed E-state index contributed by atoms with van der Waals surface area (Å²) < 4.78 is 20.3. The molecule has 0 unspecified atom stereocenters. The van der Waals surface area contributed by atoms with Crippen LogP contribution in [0.25, 0.3) is 16.6 Å². The van der Waals surface area contributed by atoms with Crippen LogP contribution < -0.4 is 5.73 Å². The van der Waals surface area contributed by atoms with Crippen molar-refractivity contribution in [3.8, 4) is 11.1 Å². The Hall–Kier alpha value is -2.60. The summed E-state index contributed by atoms with van der Waals surface area (Å²) in [5.74, 6) is -1.02. The van der Waals surface area contributed by atoms with Crippen molar-refractivity contribution in [1.82, 2.24) is 9.38 Å². The minimum atomic E-state index is -0.539. The van der Waals surface area contributed by atoms with Crippen LogP contribution in [0.4, 0.5) is 10.1 Å². The van der Waals surface area contributed by atoms with Crippen LogP contribution >= 0.6 is 11.6 Å². The van der Waals surface area contributed by atoms with Gasteiger partial charge in [-0.15, -0.1) is 0 Å². The molecule has 0 fully saturated rings. The number of hydrogen-bond donors (Lipinski definition) is 1. The molecule has 0 aliphatic carbocycles. The molecule has 2 aromatic heterocycles. The van der Waals surface area contributed by atoms with Crippen LogP contribution in [0.3, 0.4) is 0 Å². The summed E-state index contributed by atoms with van der Waals surface area (Å²) >= 11 is 6.10. The highest BCUT2D eigenvalue weighted by atomic mass is 35.5. The van der Waals surface area contributed by atoms with E-state index < -0.39 is 11.8 Å². The Morgan fingerprint density at radius 2 is 2.14 bits per heavy atom. The van der Waals surface area contributed by atoms with Crippen molar-refractivity contribution in [2.45, 2.75) is 0 Å². The standard InChI is InChI=1S/C15H11ClFN3O2/c1-22-15(21)14-11-5-2-8(6-20(11)7-19-14)12-9(17)3-4-10(18)13(12)16/h2-7H,18H2,1H3. The number of rotatable bonds is 2. The number of nitrogens with two attached hydrogens (primary N) is 1. The third-order valence-corrected chi connectivity index (χ3v) is 3.73. The lowest BCUT2D eigenvalue weighted by atomic mass is 10.1. The molecule has 0 bridgehead atoms. The van der Waals surface area contributed by atoms with Gasteiger partial charge in [-0.3, -0.25) is 0 Å². The first-order valence-electron chi connectivity index (χ1n) is 6.31. The van der Waals surface area contributed by atoms with Gasteiger partial charge in [-0.05, 0) is 18.2 Å². The molecule has 0 aliphatic rings. The van der Waals surface area contributed by atoms with Gasteiger partial charge in [0, 0.05) is 17.3 Å². The molecular weight excluding hydrogens is 309 g/mol. The zero-order chi connectivity index (χ0) is 15.9. The molecule has 1 aromatic carbocycles. The van der Waals surface area contributed by atoms with Gasteiger partial charge in [-0.2, -0.15) is 0 Å². The summed E-state index contributed by atoms with van der Waals surface area (Å²) in [6.45, 7) is 0. The van der Waals surface area contributed by atoms with Gasteiger partial charge in [0.05, 0.1) is 23.3 Å². The van der Waals surface area contributed by atoms with Crippen molar-refractivity contribution in [2.75, 3.05) is 12.8 Å². The van der Waals surface area contributed by atoms with Gasteiger partial charge < -0.3 is 14.9 Å². The quantitative estimate of drug-likeness (QED) is 0.582. The summed E-state index contributed by atoms with van der Waals surface area (Å²) in [6, 6.07) is 5.96. The van der Waals surface area contributed by atoms with Gasteiger partial charge >= 0.3 is 5.97 Å². The molecule has 3 rings (SSSR count). The predicted molar refractivity (Wildman–Crippen MR) is 81.3 cm³/mol. The highest BCUT2D eigenvalue weighted by molar-refractivity contribution is 6.35. The average Bonchev–Trinajstić information content (AvgIpc) is 2.94. The van der Waals surface area contributed by atoms with Crippen molar-refractivity contribution in [1.29, 1.82) is 0 Å². The normalized spacial score (nSPS) is 10.9. The first-order valence-corrected chi connectivity index (χ1v) is 6.69. The van der Waals surface area contributed by atoms with Crippen LogP contribution in [-0.4, -0.2) is 22.5 Å². The zero-order valence-electron chi connectivity index (χ0n) is 11.5. The molecule has 0 spiro atoms. The molecule has 0 amide bonds. The maximum atomic E-state index is 14.1. The third kappa shape index (κ3) is 2.17. The highest BCUT2D eigenvalue weighted by Crippen LogP contribution is 2.34. The molecular formula is C15H11ClFN3O2. The van der Waals surface area contributed by atoms with E-state index in [0.29, 0.717) is 16.8 Å². The van der Waals surface area contributed by atoms with Crippen molar-refractivity contribution >= 4 is 28.8 Å². The number of ether oxygens (including phenoxy) is 1. The number of esters is 1. The number of hydrogen-bond acceptors (Lipinski definition) is 4. The average molecular weight is 320 g/mol. The highest BCUT2D eigenvalue weighted by Gasteiger charge is 2.16. The van der Waals surface area contributed by atoms with Crippen molar-refractivity contribution < 1.29 is 13.9 Å². The molecule has 112 valence electrons. The first kappa shape index (κ1) is 14.3. The van der Waals surface area contributed by atoms with Crippen LogP contribution in [0.2, 0.25) is 5.02 Å². The van der Waals surface area contributed by atoms with E-state index >= 15 is 0 Å². The Morgan fingerprint density at radius 3 is 2.86 bits per heavy atom. The van der Waals surface area contributed by atoms with E-state index in [1.165, 1.54) is 25.6 Å². The lowest BCUT2D eigenvalue weighted by molar-refractivity contribution is 0.0597. The molecule has 22 heavy (non-hydrogen) atoms. The number of carbonyl (C=O) groups is 1.